The summed E-state index contributed by atoms with van der Waals surface area (Å²) in [4.78, 5) is 23.2. The maximum Gasteiger partial charge on any atom is 0.258 e. The van der Waals surface area contributed by atoms with E-state index >= 15 is 0 Å². The second-order valence-electron chi connectivity index (χ2n) is 4.12. The minimum absolute atomic E-state index is 0.226. The van der Waals surface area contributed by atoms with Crippen LogP contribution in [0.3, 0.4) is 0 Å². The first-order valence-electron chi connectivity index (χ1n) is 5.76. The van der Waals surface area contributed by atoms with E-state index in [-0.39, 0.29) is 11.8 Å². The van der Waals surface area contributed by atoms with Crippen LogP contribution in [-0.2, 0) is 4.79 Å². The molecule has 3 N–H and O–H groups in total. The molecule has 0 atom stereocenters. The molecule has 2 rings (SSSR count). The van der Waals surface area contributed by atoms with Crippen LogP contribution in [0, 0.1) is 6.92 Å². The summed E-state index contributed by atoms with van der Waals surface area (Å²) in [5, 5.41) is 11.9. The fraction of sp³-hybridized carbons (Fsp3) is 0.154. The highest BCUT2D eigenvalue weighted by molar-refractivity contribution is 6.09. The highest BCUT2D eigenvalue weighted by Crippen LogP contribution is 2.16. The molecule has 6 nitrogen and oxygen atoms in total. The molecule has 0 aliphatic carbocycles. The highest BCUT2D eigenvalue weighted by Gasteiger charge is 2.12. The van der Waals surface area contributed by atoms with Crippen molar-refractivity contribution >= 4 is 23.3 Å². The smallest absolute Gasteiger partial charge is 0.258 e. The number of amides is 2. The van der Waals surface area contributed by atoms with Crippen LogP contribution in [0.1, 0.15) is 23.0 Å². The van der Waals surface area contributed by atoms with E-state index in [9.17, 15) is 9.59 Å². The third-order valence-electron chi connectivity index (χ3n) is 2.43. The van der Waals surface area contributed by atoms with Crippen LogP contribution in [-0.4, -0.2) is 22.0 Å². The number of aryl methyl sites for hydroxylation is 1. The van der Waals surface area contributed by atoms with Gasteiger partial charge in [-0.05, 0) is 19.1 Å². The lowest BCUT2D eigenvalue weighted by Gasteiger charge is -2.08. The van der Waals surface area contributed by atoms with Gasteiger partial charge in [0.05, 0.1) is 11.3 Å². The van der Waals surface area contributed by atoms with Gasteiger partial charge in [-0.2, -0.15) is 5.10 Å². The Kier molecular flexibility index (Phi) is 3.61. The van der Waals surface area contributed by atoms with Crippen LogP contribution in [0.5, 0.6) is 0 Å². The number of anilines is 2. The number of benzene rings is 1. The number of nitrogens with one attached hydrogen (secondary N) is 3. The zero-order valence-electron chi connectivity index (χ0n) is 10.7. The normalized spacial score (nSPS) is 10.0. The van der Waals surface area contributed by atoms with Gasteiger partial charge in [0, 0.05) is 18.7 Å². The number of carbonyl (C=O) groups excluding carboxylic acids is 2. The molecule has 0 saturated carbocycles. The lowest BCUT2D eigenvalue weighted by Crippen LogP contribution is -2.16. The van der Waals surface area contributed by atoms with Gasteiger partial charge >= 0.3 is 0 Å². The van der Waals surface area contributed by atoms with Crippen LogP contribution in [0.25, 0.3) is 0 Å². The van der Waals surface area contributed by atoms with Gasteiger partial charge in [-0.1, -0.05) is 12.1 Å². The molecule has 0 spiro atoms. The van der Waals surface area contributed by atoms with E-state index in [2.05, 4.69) is 20.8 Å². The Hall–Kier alpha value is -2.63. The van der Waals surface area contributed by atoms with E-state index in [4.69, 9.17) is 0 Å². The Bertz CT molecular complexity index is 619. The second-order valence-corrected chi connectivity index (χ2v) is 4.12. The number of rotatable bonds is 3. The average molecular weight is 258 g/mol. The summed E-state index contributed by atoms with van der Waals surface area (Å²) in [6.07, 6.45) is 0. The lowest BCUT2D eigenvalue weighted by atomic mass is 10.1. The summed E-state index contributed by atoms with van der Waals surface area (Å²) in [6.45, 7) is 3.24. The fourth-order valence-electron chi connectivity index (χ4n) is 1.65. The SMILES string of the molecule is CC(=O)Nc1ccccc1C(=O)Nc1cc(C)[nH]n1. The maximum absolute atomic E-state index is 12.1. The van der Waals surface area contributed by atoms with Gasteiger partial charge in [-0.3, -0.25) is 14.7 Å². The molecule has 2 amide bonds. The number of H-pyrrole nitrogens is 1. The van der Waals surface area contributed by atoms with Crippen LogP contribution in [0.4, 0.5) is 11.5 Å². The lowest BCUT2D eigenvalue weighted by molar-refractivity contribution is -0.114. The number of aromatic amines is 1. The third kappa shape index (κ3) is 3.19. The summed E-state index contributed by atoms with van der Waals surface area (Å²) in [5.41, 5.74) is 1.71. The van der Waals surface area contributed by atoms with Crippen molar-refractivity contribution in [3.8, 4) is 0 Å². The summed E-state index contributed by atoms with van der Waals surface area (Å²) in [5.74, 6) is -0.105. The van der Waals surface area contributed by atoms with Crippen molar-refractivity contribution in [2.24, 2.45) is 0 Å². The Morgan fingerprint density at radius 3 is 2.58 bits per heavy atom. The summed E-state index contributed by atoms with van der Waals surface area (Å²) in [7, 11) is 0. The van der Waals surface area contributed by atoms with Gasteiger partial charge in [-0.15, -0.1) is 0 Å². The molecule has 1 heterocycles. The Labute approximate surface area is 110 Å². The molecule has 6 heteroatoms. The molecule has 0 radical (unpaired) electrons. The van der Waals surface area contributed by atoms with Crippen molar-refractivity contribution in [1.29, 1.82) is 0 Å². The zero-order chi connectivity index (χ0) is 13.8. The molecule has 1 aromatic heterocycles. The standard InChI is InChI=1S/C13H14N4O2/c1-8-7-12(17-16-8)15-13(19)10-5-3-4-6-11(10)14-9(2)18/h3-7H,1-2H3,(H,14,18)(H2,15,16,17,19). The monoisotopic (exact) mass is 258 g/mol. The molecule has 98 valence electrons. The van der Waals surface area contributed by atoms with E-state index in [1.54, 1.807) is 30.3 Å². The average Bonchev–Trinajstić information content (AvgIpc) is 2.74. The topological polar surface area (TPSA) is 86.9 Å². The van der Waals surface area contributed by atoms with Gasteiger partial charge in [-0.25, -0.2) is 0 Å². The number of aromatic nitrogens is 2. The van der Waals surface area contributed by atoms with Crippen molar-refractivity contribution in [2.45, 2.75) is 13.8 Å². The zero-order valence-corrected chi connectivity index (χ0v) is 10.7. The summed E-state index contributed by atoms with van der Waals surface area (Å²) < 4.78 is 0. The Balaban J connectivity index is 2.21. The Morgan fingerprint density at radius 1 is 1.21 bits per heavy atom. The van der Waals surface area contributed by atoms with E-state index in [1.807, 2.05) is 6.92 Å². The molecule has 0 unspecified atom stereocenters. The van der Waals surface area contributed by atoms with Crippen LogP contribution < -0.4 is 10.6 Å². The van der Waals surface area contributed by atoms with Crippen LogP contribution in [0.15, 0.2) is 30.3 Å². The highest BCUT2D eigenvalue weighted by atomic mass is 16.2. The minimum atomic E-state index is -0.323. The summed E-state index contributed by atoms with van der Waals surface area (Å²) >= 11 is 0. The molecule has 19 heavy (non-hydrogen) atoms. The first-order valence-corrected chi connectivity index (χ1v) is 5.76. The molecular weight excluding hydrogens is 244 g/mol. The van der Waals surface area contributed by atoms with Gasteiger partial charge < -0.3 is 10.6 Å². The number of hydrogen-bond donors (Lipinski definition) is 3. The quantitative estimate of drug-likeness (QED) is 0.786. The minimum Gasteiger partial charge on any atom is -0.326 e. The molecule has 0 saturated heterocycles. The van der Waals surface area contributed by atoms with Crippen molar-refractivity contribution in [3.05, 3.63) is 41.6 Å². The van der Waals surface area contributed by atoms with E-state index in [1.165, 1.54) is 6.92 Å². The van der Waals surface area contributed by atoms with E-state index < -0.39 is 0 Å². The first kappa shape index (κ1) is 12.8. The molecular formula is C13H14N4O2. The summed E-state index contributed by atoms with van der Waals surface area (Å²) in [6, 6.07) is 8.52. The van der Waals surface area contributed by atoms with Crippen molar-refractivity contribution in [3.63, 3.8) is 0 Å². The molecule has 0 aliphatic heterocycles. The predicted octanol–water partition coefficient (Wildman–Crippen LogP) is 1.93. The van der Waals surface area contributed by atoms with E-state index in [0.29, 0.717) is 17.1 Å². The van der Waals surface area contributed by atoms with Gasteiger partial charge in [0.2, 0.25) is 5.91 Å². The molecule has 0 bridgehead atoms. The van der Waals surface area contributed by atoms with Crippen LogP contribution >= 0.6 is 0 Å². The van der Waals surface area contributed by atoms with Crippen molar-refractivity contribution in [2.75, 3.05) is 10.6 Å². The number of para-hydroxylation sites is 1. The third-order valence-corrected chi connectivity index (χ3v) is 2.43. The van der Waals surface area contributed by atoms with Gasteiger partial charge in [0.25, 0.3) is 5.91 Å². The molecule has 2 aromatic rings. The molecule has 0 aliphatic rings. The molecule has 0 fully saturated rings. The fourth-order valence-corrected chi connectivity index (χ4v) is 1.65. The number of nitrogens with zero attached hydrogens (tertiary/aromatic N) is 1. The van der Waals surface area contributed by atoms with Crippen LogP contribution in [0.2, 0.25) is 0 Å². The van der Waals surface area contributed by atoms with Gasteiger partial charge in [0.1, 0.15) is 0 Å². The number of hydrogen-bond acceptors (Lipinski definition) is 3. The predicted molar refractivity (Wildman–Crippen MR) is 72.0 cm³/mol. The first-order chi connectivity index (χ1) is 9.06. The van der Waals surface area contributed by atoms with Crippen molar-refractivity contribution in [1.82, 2.24) is 10.2 Å². The molecule has 1 aromatic carbocycles. The van der Waals surface area contributed by atoms with Crippen molar-refractivity contribution < 1.29 is 9.59 Å². The number of carbonyl (C=O) groups is 2. The maximum atomic E-state index is 12.1. The van der Waals surface area contributed by atoms with E-state index in [0.717, 1.165) is 5.69 Å². The van der Waals surface area contributed by atoms with Gasteiger partial charge in [0.15, 0.2) is 5.82 Å². The largest absolute Gasteiger partial charge is 0.326 e. The second kappa shape index (κ2) is 5.34. The Morgan fingerprint density at radius 2 is 1.95 bits per heavy atom.